The lowest BCUT2D eigenvalue weighted by Crippen LogP contribution is -2.70. The van der Waals surface area contributed by atoms with E-state index in [-0.39, 0.29) is 30.4 Å². The number of rotatable bonds is 4. The van der Waals surface area contributed by atoms with Crippen molar-refractivity contribution in [1.82, 2.24) is 0 Å². The number of esters is 1. The fourth-order valence-electron chi connectivity index (χ4n) is 6.25. The van der Waals surface area contributed by atoms with Crippen molar-refractivity contribution in [2.75, 3.05) is 6.61 Å². The summed E-state index contributed by atoms with van der Waals surface area (Å²) in [5, 5.41) is 0. The number of benzene rings is 1. The first kappa shape index (κ1) is 21.3. The number of ether oxygens (including phenoxy) is 3. The maximum Gasteiger partial charge on any atom is 0.338 e. The molecule has 31 heavy (non-hydrogen) atoms. The first-order valence-electron chi connectivity index (χ1n) is 11.5. The number of carbonyl (C=O) groups excluding carboxylic acids is 1. The molecule has 1 aromatic carbocycles. The minimum Gasteiger partial charge on any atom is -0.462 e. The molecule has 170 valence electrons. The van der Waals surface area contributed by atoms with Crippen LogP contribution in [0.1, 0.15) is 63.2 Å². The van der Waals surface area contributed by atoms with Gasteiger partial charge in [0.15, 0.2) is 11.9 Å². The lowest BCUT2D eigenvalue weighted by atomic mass is 9.57. The molecular weight excluding hydrogens is 403 g/mol. The van der Waals surface area contributed by atoms with Crippen LogP contribution in [0.15, 0.2) is 24.3 Å². The summed E-state index contributed by atoms with van der Waals surface area (Å²) in [6.45, 7) is 6.63. The molecule has 1 aromatic rings. The second kappa shape index (κ2) is 7.80. The first-order chi connectivity index (χ1) is 14.8. The third kappa shape index (κ3) is 3.50. The monoisotopic (exact) mass is 434 g/mol. The highest BCUT2D eigenvalue weighted by molar-refractivity contribution is 5.89. The summed E-state index contributed by atoms with van der Waals surface area (Å²) < 4.78 is 31.4. The molecule has 7 heteroatoms. The summed E-state index contributed by atoms with van der Waals surface area (Å²) in [5.41, 5.74) is -0.237. The third-order valence-electron chi connectivity index (χ3n) is 8.01. The van der Waals surface area contributed by atoms with Crippen LogP contribution in [-0.4, -0.2) is 36.4 Å². The Morgan fingerprint density at radius 1 is 1.13 bits per heavy atom. The Labute approximate surface area is 182 Å². The fourth-order valence-corrected chi connectivity index (χ4v) is 6.25. The van der Waals surface area contributed by atoms with Crippen molar-refractivity contribution in [2.24, 2.45) is 23.7 Å². The molecule has 0 N–H and O–H groups in total. The average molecular weight is 435 g/mol. The van der Waals surface area contributed by atoms with Crippen molar-refractivity contribution in [2.45, 2.75) is 76.7 Å². The van der Waals surface area contributed by atoms with Gasteiger partial charge in [-0.1, -0.05) is 13.8 Å². The molecule has 8 atom stereocenters. The molecule has 4 heterocycles. The molecule has 4 aliphatic heterocycles. The summed E-state index contributed by atoms with van der Waals surface area (Å²) in [6.07, 6.45) is 3.95. The summed E-state index contributed by atoms with van der Waals surface area (Å²) in [7, 11) is 0. The molecule has 5 aliphatic rings. The lowest BCUT2D eigenvalue weighted by molar-refractivity contribution is -0.571. The van der Waals surface area contributed by atoms with E-state index in [9.17, 15) is 9.18 Å². The molecule has 1 spiro atoms. The second-order valence-electron chi connectivity index (χ2n) is 9.88. The van der Waals surface area contributed by atoms with Crippen molar-refractivity contribution >= 4 is 5.97 Å². The van der Waals surface area contributed by atoms with Crippen molar-refractivity contribution < 1.29 is 33.2 Å². The average Bonchev–Trinajstić information content (AvgIpc) is 2.98. The third-order valence-corrected chi connectivity index (χ3v) is 8.01. The van der Waals surface area contributed by atoms with Crippen LogP contribution in [0.25, 0.3) is 0 Å². The van der Waals surface area contributed by atoms with Crippen LogP contribution in [0.4, 0.5) is 4.39 Å². The SMILES string of the molecule is C[C@H]1[C@@H](CCOC(=O)c2ccc(F)cc2)O[C@@H]2O[C@]3(C)CC[C@H]4[C@H](C)CC[C@@H]1[C@@]24OO3. The van der Waals surface area contributed by atoms with Crippen LogP contribution in [-0.2, 0) is 24.0 Å². The van der Waals surface area contributed by atoms with E-state index in [1.807, 2.05) is 6.92 Å². The highest BCUT2D eigenvalue weighted by atomic mass is 19.1. The zero-order valence-corrected chi connectivity index (χ0v) is 18.3. The van der Waals surface area contributed by atoms with Crippen LogP contribution in [0.2, 0.25) is 0 Å². The Balaban J connectivity index is 1.29. The van der Waals surface area contributed by atoms with E-state index in [4.69, 9.17) is 24.0 Å². The molecule has 5 fully saturated rings. The molecule has 0 radical (unpaired) electrons. The Bertz CT molecular complexity index is 830. The largest absolute Gasteiger partial charge is 0.462 e. The van der Waals surface area contributed by atoms with Gasteiger partial charge in [0.2, 0.25) is 5.79 Å². The maximum atomic E-state index is 13.1. The molecule has 2 bridgehead atoms. The van der Waals surface area contributed by atoms with Crippen LogP contribution in [0, 0.1) is 29.5 Å². The Morgan fingerprint density at radius 2 is 1.90 bits per heavy atom. The van der Waals surface area contributed by atoms with E-state index >= 15 is 0 Å². The fraction of sp³-hybridized carbons (Fsp3) is 0.708. The summed E-state index contributed by atoms with van der Waals surface area (Å²) in [4.78, 5) is 24.2. The van der Waals surface area contributed by atoms with Crippen molar-refractivity contribution in [1.29, 1.82) is 0 Å². The van der Waals surface area contributed by atoms with Gasteiger partial charge in [-0.3, -0.25) is 0 Å². The molecule has 0 aromatic heterocycles. The lowest BCUT2D eigenvalue weighted by Gasteiger charge is -2.60. The molecule has 4 saturated heterocycles. The zero-order valence-electron chi connectivity index (χ0n) is 18.3. The number of fused-ring (bicyclic) bond motifs is 2. The molecule has 0 amide bonds. The Kier molecular flexibility index (Phi) is 5.36. The summed E-state index contributed by atoms with van der Waals surface area (Å²) in [5.74, 6) is -0.306. The number of halogens is 1. The molecule has 1 aliphatic carbocycles. The summed E-state index contributed by atoms with van der Waals surface area (Å²) >= 11 is 0. The van der Waals surface area contributed by atoms with E-state index in [0.29, 0.717) is 23.8 Å². The van der Waals surface area contributed by atoms with E-state index in [1.165, 1.54) is 24.3 Å². The molecule has 1 saturated carbocycles. The summed E-state index contributed by atoms with van der Waals surface area (Å²) in [6, 6.07) is 5.37. The van der Waals surface area contributed by atoms with Gasteiger partial charge < -0.3 is 14.2 Å². The highest BCUT2D eigenvalue weighted by Gasteiger charge is 2.69. The smallest absolute Gasteiger partial charge is 0.338 e. The van der Waals surface area contributed by atoms with Crippen LogP contribution < -0.4 is 0 Å². The maximum absolute atomic E-state index is 13.1. The van der Waals surface area contributed by atoms with E-state index in [1.54, 1.807) is 0 Å². The number of hydrogen-bond acceptors (Lipinski definition) is 6. The van der Waals surface area contributed by atoms with Crippen molar-refractivity contribution in [3.63, 3.8) is 0 Å². The van der Waals surface area contributed by atoms with E-state index in [2.05, 4.69) is 13.8 Å². The van der Waals surface area contributed by atoms with Gasteiger partial charge in [-0.25, -0.2) is 19.0 Å². The topological polar surface area (TPSA) is 63.2 Å². The number of carbonyl (C=O) groups is 1. The minimum atomic E-state index is -0.794. The predicted molar refractivity (Wildman–Crippen MR) is 108 cm³/mol. The van der Waals surface area contributed by atoms with Gasteiger partial charge in [0.1, 0.15) is 5.82 Å². The quantitative estimate of drug-likeness (QED) is 0.509. The van der Waals surface area contributed by atoms with Gasteiger partial charge in [0.25, 0.3) is 0 Å². The first-order valence-corrected chi connectivity index (χ1v) is 11.5. The minimum absolute atomic E-state index is 0.109. The van der Waals surface area contributed by atoms with Crippen molar-refractivity contribution in [3.8, 4) is 0 Å². The van der Waals surface area contributed by atoms with Crippen LogP contribution in [0.3, 0.4) is 0 Å². The number of hydrogen-bond donors (Lipinski definition) is 0. The molecule has 0 unspecified atom stereocenters. The van der Waals surface area contributed by atoms with E-state index in [0.717, 1.165) is 25.7 Å². The van der Waals surface area contributed by atoms with Gasteiger partial charge in [-0.05, 0) is 68.2 Å². The molecule has 6 rings (SSSR count). The van der Waals surface area contributed by atoms with Gasteiger partial charge in [0, 0.05) is 18.8 Å². The van der Waals surface area contributed by atoms with Gasteiger partial charge in [-0.2, -0.15) is 0 Å². The Morgan fingerprint density at radius 3 is 2.68 bits per heavy atom. The van der Waals surface area contributed by atoms with Gasteiger partial charge in [-0.15, -0.1) is 0 Å². The van der Waals surface area contributed by atoms with Crippen LogP contribution in [0.5, 0.6) is 0 Å². The zero-order chi connectivity index (χ0) is 21.8. The van der Waals surface area contributed by atoms with Crippen LogP contribution >= 0.6 is 0 Å². The Hall–Kier alpha value is -1.54. The van der Waals surface area contributed by atoms with Gasteiger partial charge in [0.05, 0.1) is 18.3 Å². The molecule has 6 nitrogen and oxygen atoms in total. The van der Waals surface area contributed by atoms with Crippen molar-refractivity contribution in [3.05, 3.63) is 35.6 Å². The standard InChI is InChI=1S/C24H31FO6/c1-14-4-9-19-15(2)20(11-13-27-21(26)16-5-7-17(25)8-6-16)28-22-24(19)18(14)10-12-23(3,29-22)30-31-24/h5-8,14-15,18-20,22H,4,9-13H2,1-3H3/t14-,15-,18+,19+,20-,22-,23+,24-/m1/s1. The van der Waals surface area contributed by atoms with E-state index < -0.39 is 23.6 Å². The van der Waals surface area contributed by atoms with Gasteiger partial charge >= 0.3 is 5.97 Å². The normalized spacial score (nSPS) is 43.7. The molecular formula is C24H31FO6. The predicted octanol–water partition coefficient (Wildman–Crippen LogP) is 4.62. The highest BCUT2D eigenvalue weighted by Crippen LogP contribution is 2.60. The second-order valence-corrected chi connectivity index (χ2v) is 9.88.